The fourth-order valence-electron chi connectivity index (χ4n) is 2.73. The molecule has 4 nitrogen and oxygen atoms in total. The summed E-state index contributed by atoms with van der Waals surface area (Å²) in [6.45, 7) is 0. The molecule has 0 fully saturated rings. The topological polar surface area (TPSA) is 54.9 Å². The molecule has 6 heteroatoms. The van der Waals surface area contributed by atoms with E-state index in [1.165, 1.54) is 5.56 Å². The molecule has 0 spiro atoms. The molecular weight excluding hydrogens is 283 g/mol. The second kappa shape index (κ2) is 4.90. The van der Waals surface area contributed by atoms with Gasteiger partial charge in [0.2, 0.25) is 5.82 Å². The molecule has 104 valence electrons. The van der Waals surface area contributed by atoms with Crippen molar-refractivity contribution in [3.63, 3.8) is 0 Å². The summed E-state index contributed by atoms with van der Waals surface area (Å²) in [7, 11) is 0. The van der Waals surface area contributed by atoms with Gasteiger partial charge in [-0.1, -0.05) is 35.9 Å². The van der Waals surface area contributed by atoms with Crippen molar-refractivity contribution in [1.29, 1.82) is 0 Å². The van der Waals surface area contributed by atoms with Crippen LogP contribution in [0, 0.1) is 5.82 Å². The van der Waals surface area contributed by atoms with E-state index in [0.717, 1.165) is 16.6 Å². The van der Waals surface area contributed by atoms with Crippen LogP contribution < -0.4 is 11.2 Å². The third-order valence-corrected chi connectivity index (χ3v) is 3.98. The van der Waals surface area contributed by atoms with E-state index >= 15 is 0 Å². The molecule has 0 saturated carbocycles. The smallest absolute Gasteiger partial charge is 0.295 e. The number of aryl methyl sites for hydroxylation is 1. The molecule has 1 aromatic heterocycles. The number of nitrogens with one attached hydrogen (secondary N) is 1. The fraction of sp³-hybridized carbons (Fsp3) is 0.286. The number of aromatic nitrogens is 2. The summed E-state index contributed by atoms with van der Waals surface area (Å²) in [6.07, 6.45) is 1.93. The summed E-state index contributed by atoms with van der Waals surface area (Å²) in [6, 6.07) is 7.53. The summed E-state index contributed by atoms with van der Waals surface area (Å²) in [5.74, 6) is -1.11. The van der Waals surface area contributed by atoms with Crippen molar-refractivity contribution in [2.75, 3.05) is 0 Å². The monoisotopic (exact) mass is 294 g/mol. The standard InChI is InChI=1S/C14H12ClFN2O2/c15-12-11(16)13(19)18(14(20)17-12)10-6-5-8-3-1-2-4-9(8)7-10/h1-4,10H,5-7H2,(H,17,20). The van der Waals surface area contributed by atoms with Gasteiger partial charge >= 0.3 is 5.69 Å². The number of hydrogen-bond donors (Lipinski definition) is 1. The maximum absolute atomic E-state index is 13.6. The van der Waals surface area contributed by atoms with Gasteiger partial charge in [0.1, 0.15) is 0 Å². The number of fused-ring (bicyclic) bond motifs is 1. The first kappa shape index (κ1) is 13.1. The maximum atomic E-state index is 13.6. The number of H-pyrrole nitrogens is 1. The lowest BCUT2D eigenvalue weighted by atomic mass is 9.88. The molecule has 0 amide bonds. The van der Waals surface area contributed by atoms with Crippen LogP contribution >= 0.6 is 11.6 Å². The number of benzene rings is 1. The summed E-state index contributed by atoms with van der Waals surface area (Å²) < 4.78 is 14.5. The summed E-state index contributed by atoms with van der Waals surface area (Å²) in [5.41, 5.74) is 0.682. The Kier molecular flexibility index (Phi) is 3.22. The van der Waals surface area contributed by atoms with E-state index in [0.29, 0.717) is 12.8 Å². The zero-order valence-electron chi connectivity index (χ0n) is 10.5. The molecule has 0 saturated heterocycles. The average Bonchev–Trinajstić information content (AvgIpc) is 2.45. The van der Waals surface area contributed by atoms with E-state index < -0.39 is 22.2 Å². The van der Waals surface area contributed by atoms with Gasteiger partial charge in [0.15, 0.2) is 5.15 Å². The molecule has 1 unspecified atom stereocenters. The van der Waals surface area contributed by atoms with Gasteiger partial charge in [0.05, 0.1) is 0 Å². The van der Waals surface area contributed by atoms with Crippen molar-refractivity contribution in [3.8, 4) is 0 Å². The molecule has 20 heavy (non-hydrogen) atoms. The number of aromatic amines is 1. The summed E-state index contributed by atoms with van der Waals surface area (Å²) in [5, 5.41) is -0.535. The maximum Gasteiger partial charge on any atom is 0.329 e. The van der Waals surface area contributed by atoms with E-state index in [1.54, 1.807) is 0 Å². The largest absolute Gasteiger partial charge is 0.329 e. The Morgan fingerprint density at radius 3 is 2.70 bits per heavy atom. The number of nitrogens with zero attached hydrogens (tertiary/aromatic N) is 1. The molecule has 1 aromatic carbocycles. The van der Waals surface area contributed by atoms with Crippen LogP contribution in [0.4, 0.5) is 4.39 Å². The summed E-state index contributed by atoms with van der Waals surface area (Å²) >= 11 is 5.47. The van der Waals surface area contributed by atoms with Gasteiger partial charge in [0.25, 0.3) is 5.56 Å². The minimum absolute atomic E-state index is 0.340. The number of hydrogen-bond acceptors (Lipinski definition) is 2. The quantitative estimate of drug-likeness (QED) is 0.819. The molecule has 0 aliphatic heterocycles. The minimum Gasteiger partial charge on any atom is -0.295 e. The molecule has 0 bridgehead atoms. The highest BCUT2D eigenvalue weighted by molar-refractivity contribution is 6.29. The molecule has 3 rings (SSSR count). The van der Waals surface area contributed by atoms with Crippen LogP contribution in [0.2, 0.25) is 5.15 Å². The van der Waals surface area contributed by atoms with Crippen molar-refractivity contribution >= 4 is 11.6 Å². The highest BCUT2D eigenvalue weighted by atomic mass is 35.5. The third-order valence-electron chi connectivity index (χ3n) is 3.72. The second-order valence-electron chi connectivity index (χ2n) is 4.90. The highest BCUT2D eigenvalue weighted by Gasteiger charge is 2.24. The van der Waals surface area contributed by atoms with E-state index in [9.17, 15) is 14.0 Å². The lowest BCUT2D eigenvalue weighted by molar-refractivity contribution is 0.400. The van der Waals surface area contributed by atoms with E-state index in [4.69, 9.17) is 11.6 Å². The first-order chi connectivity index (χ1) is 9.58. The Bertz CT molecular complexity index is 781. The number of halogens is 2. The normalized spacial score (nSPS) is 17.8. The van der Waals surface area contributed by atoms with E-state index in [2.05, 4.69) is 4.98 Å². The second-order valence-corrected chi connectivity index (χ2v) is 5.28. The highest BCUT2D eigenvalue weighted by Crippen LogP contribution is 2.27. The molecule has 0 radical (unpaired) electrons. The predicted octanol–water partition coefficient (Wildman–Crippen LogP) is 2.06. The van der Waals surface area contributed by atoms with Gasteiger partial charge in [-0.3, -0.25) is 14.3 Å². The lowest BCUT2D eigenvalue weighted by Crippen LogP contribution is -2.41. The van der Waals surface area contributed by atoms with Gasteiger partial charge in [-0.2, -0.15) is 4.39 Å². The first-order valence-electron chi connectivity index (χ1n) is 6.34. The van der Waals surface area contributed by atoms with Crippen molar-refractivity contribution in [1.82, 2.24) is 9.55 Å². The van der Waals surface area contributed by atoms with Crippen LogP contribution in [0.15, 0.2) is 33.9 Å². The van der Waals surface area contributed by atoms with Crippen LogP contribution in [0.3, 0.4) is 0 Å². The third kappa shape index (κ3) is 2.08. The average molecular weight is 295 g/mol. The van der Waals surface area contributed by atoms with Crippen molar-refractivity contribution in [2.24, 2.45) is 0 Å². The van der Waals surface area contributed by atoms with Gasteiger partial charge < -0.3 is 0 Å². The Hall–Kier alpha value is -1.88. The Balaban J connectivity index is 2.07. The SMILES string of the molecule is O=c1[nH]c(Cl)c(F)c(=O)n1C1CCc2ccccc2C1. The van der Waals surface area contributed by atoms with Gasteiger partial charge in [-0.25, -0.2) is 4.79 Å². The molecule has 1 heterocycles. The molecular formula is C14H12ClFN2O2. The fourth-order valence-corrected chi connectivity index (χ4v) is 2.89. The van der Waals surface area contributed by atoms with Crippen molar-refractivity contribution < 1.29 is 4.39 Å². The molecule has 1 N–H and O–H groups in total. The van der Waals surface area contributed by atoms with Gasteiger partial charge in [-0.15, -0.1) is 0 Å². The van der Waals surface area contributed by atoms with Crippen LogP contribution in [0.25, 0.3) is 0 Å². The zero-order chi connectivity index (χ0) is 14.3. The lowest BCUT2D eigenvalue weighted by Gasteiger charge is -2.25. The Labute approximate surface area is 118 Å². The predicted molar refractivity (Wildman–Crippen MR) is 73.8 cm³/mol. The molecule has 2 aromatic rings. The van der Waals surface area contributed by atoms with Crippen molar-refractivity contribution in [2.45, 2.75) is 25.3 Å². The van der Waals surface area contributed by atoms with E-state index in [1.807, 2.05) is 24.3 Å². The van der Waals surface area contributed by atoms with Crippen molar-refractivity contribution in [3.05, 3.63) is 67.2 Å². The Morgan fingerprint density at radius 2 is 1.95 bits per heavy atom. The van der Waals surface area contributed by atoms with Crippen LogP contribution in [-0.2, 0) is 12.8 Å². The van der Waals surface area contributed by atoms with Crippen LogP contribution in [-0.4, -0.2) is 9.55 Å². The van der Waals surface area contributed by atoms with Gasteiger partial charge in [0, 0.05) is 6.04 Å². The number of rotatable bonds is 1. The molecule has 1 aliphatic rings. The first-order valence-corrected chi connectivity index (χ1v) is 6.72. The van der Waals surface area contributed by atoms with E-state index in [-0.39, 0.29) is 6.04 Å². The summed E-state index contributed by atoms with van der Waals surface area (Å²) in [4.78, 5) is 26.0. The Morgan fingerprint density at radius 1 is 1.25 bits per heavy atom. The zero-order valence-corrected chi connectivity index (χ0v) is 11.3. The minimum atomic E-state index is -1.11. The van der Waals surface area contributed by atoms with Crippen LogP contribution in [0.1, 0.15) is 23.6 Å². The molecule has 1 aliphatic carbocycles. The van der Waals surface area contributed by atoms with Crippen LogP contribution in [0.5, 0.6) is 0 Å². The molecule has 1 atom stereocenters. The van der Waals surface area contributed by atoms with Gasteiger partial charge in [-0.05, 0) is 30.4 Å².